The van der Waals surface area contributed by atoms with Crippen molar-refractivity contribution in [3.8, 4) is 24.2 Å². The van der Waals surface area contributed by atoms with Crippen LogP contribution in [0.3, 0.4) is 0 Å². The van der Waals surface area contributed by atoms with Gasteiger partial charge in [-0.2, -0.15) is 0 Å². The molecule has 4 rings (SSSR count). The number of nitrogens with zero attached hydrogens (tertiary/aromatic N) is 3. The lowest BCUT2D eigenvalue weighted by molar-refractivity contribution is -0.0430. The molecule has 0 spiro atoms. The number of hydrogen-bond acceptors (Lipinski definition) is 6. The maximum Gasteiger partial charge on any atom is 0.148 e. The minimum Gasteiger partial charge on any atom is -0.394 e. The predicted molar refractivity (Wildman–Crippen MR) is 104 cm³/mol. The van der Waals surface area contributed by atoms with Crippen LogP contribution in [0.1, 0.15) is 29.3 Å². The first-order valence-corrected chi connectivity index (χ1v) is 8.74. The number of aliphatic hydroxyl groups excluding tert-OH is 2. The Bertz CT molecular complexity index is 1140. The molecule has 0 amide bonds. The van der Waals surface area contributed by atoms with Gasteiger partial charge in [0.05, 0.1) is 23.7 Å². The maximum atomic E-state index is 10.1. The monoisotopic (exact) mass is 374 g/mol. The molecule has 0 saturated carbocycles. The van der Waals surface area contributed by atoms with Gasteiger partial charge < -0.3 is 25.3 Å². The molecule has 3 aromatic rings. The number of rotatable bonds is 2. The Morgan fingerprint density at radius 1 is 1.29 bits per heavy atom. The number of ether oxygens (including phenoxy) is 1. The van der Waals surface area contributed by atoms with Gasteiger partial charge in [-0.3, -0.25) is 0 Å². The number of terminal acetylenes is 1. The third-order valence-electron chi connectivity index (χ3n) is 4.70. The van der Waals surface area contributed by atoms with E-state index >= 15 is 0 Å². The number of hydrogen-bond donors (Lipinski definition) is 3. The molecule has 0 unspecified atom stereocenters. The number of aromatic nitrogens is 3. The molecule has 1 aliphatic rings. The Morgan fingerprint density at radius 3 is 2.86 bits per heavy atom. The van der Waals surface area contributed by atoms with Crippen LogP contribution in [0.25, 0.3) is 11.0 Å². The van der Waals surface area contributed by atoms with Gasteiger partial charge in [-0.05, 0) is 18.2 Å². The zero-order valence-corrected chi connectivity index (χ0v) is 14.9. The first-order chi connectivity index (χ1) is 13.6. The van der Waals surface area contributed by atoms with Crippen molar-refractivity contribution in [2.75, 3.05) is 12.3 Å². The second-order valence-electron chi connectivity index (χ2n) is 6.50. The first-order valence-electron chi connectivity index (χ1n) is 8.74. The number of fused-ring (bicyclic) bond motifs is 1. The second-order valence-corrected chi connectivity index (χ2v) is 6.50. The molecule has 140 valence electrons. The van der Waals surface area contributed by atoms with Crippen molar-refractivity contribution < 1.29 is 14.9 Å². The zero-order valence-electron chi connectivity index (χ0n) is 14.9. The molecule has 0 radical (unpaired) electrons. The average Bonchev–Trinajstić information content (AvgIpc) is 3.27. The Morgan fingerprint density at radius 2 is 2.11 bits per heavy atom. The standard InChI is InChI=1S/C21H18N4O3/c1-2-13-4-3-5-14(8-13)6-7-15-10-25(18-9-16(27)17(11-26)28-18)21-19(15)20(22)23-12-24-21/h1,3-5,8,10,12,16-18,26-27H,9,11H2,(H2,22,23,24)/t16-,17+,18+/m0/s1. The highest BCUT2D eigenvalue weighted by atomic mass is 16.5. The van der Waals surface area contributed by atoms with E-state index in [1.807, 2.05) is 24.3 Å². The quantitative estimate of drug-likeness (QED) is 0.579. The summed E-state index contributed by atoms with van der Waals surface area (Å²) < 4.78 is 7.53. The van der Waals surface area contributed by atoms with Crippen LogP contribution in [0.5, 0.6) is 0 Å². The van der Waals surface area contributed by atoms with Crippen molar-refractivity contribution in [2.45, 2.75) is 24.9 Å². The molecule has 7 nitrogen and oxygen atoms in total. The fourth-order valence-corrected chi connectivity index (χ4v) is 3.30. The summed E-state index contributed by atoms with van der Waals surface area (Å²) in [6.45, 7) is -0.258. The fraction of sp³-hybridized carbons (Fsp3) is 0.238. The topological polar surface area (TPSA) is 106 Å². The molecule has 7 heteroatoms. The van der Waals surface area contributed by atoms with E-state index < -0.39 is 18.4 Å². The molecule has 28 heavy (non-hydrogen) atoms. The van der Waals surface area contributed by atoms with E-state index in [4.69, 9.17) is 16.9 Å². The van der Waals surface area contributed by atoms with Crippen molar-refractivity contribution in [1.29, 1.82) is 0 Å². The molecule has 1 fully saturated rings. The van der Waals surface area contributed by atoms with E-state index in [0.29, 0.717) is 28.8 Å². The molecule has 3 heterocycles. The van der Waals surface area contributed by atoms with Gasteiger partial charge in [-0.25, -0.2) is 9.97 Å². The highest BCUT2D eigenvalue weighted by molar-refractivity contribution is 5.92. The summed E-state index contributed by atoms with van der Waals surface area (Å²) in [5.41, 5.74) is 8.81. The van der Waals surface area contributed by atoms with Crippen LogP contribution in [-0.4, -0.2) is 43.6 Å². The summed E-state index contributed by atoms with van der Waals surface area (Å²) in [5, 5.41) is 20.0. The van der Waals surface area contributed by atoms with Crippen LogP contribution < -0.4 is 5.73 Å². The molecule has 4 N–H and O–H groups in total. The molecular formula is C21H18N4O3. The number of nitrogen functional groups attached to an aromatic ring is 1. The lowest BCUT2D eigenvalue weighted by Gasteiger charge is -2.14. The van der Waals surface area contributed by atoms with Gasteiger partial charge in [0.25, 0.3) is 0 Å². The van der Waals surface area contributed by atoms with E-state index in [9.17, 15) is 10.2 Å². The summed E-state index contributed by atoms with van der Waals surface area (Å²) in [6, 6.07) is 7.38. The maximum absolute atomic E-state index is 10.1. The number of nitrogens with two attached hydrogens (primary N) is 1. The van der Waals surface area contributed by atoms with Crippen LogP contribution in [0.4, 0.5) is 5.82 Å². The smallest absolute Gasteiger partial charge is 0.148 e. The van der Waals surface area contributed by atoms with E-state index in [0.717, 1.165) is 11.1 Å². The third kappa shape index (κ3) is 3.19. The average molecular weight is 374 g/mol. The van der Waals surface area contributed by atoms with Gasteiger partial charge in [-0.1, -0.05) is 23.8 Å². The van der Waals surface area contributed by atoms with Crippen LogP contribution in [-0.2, 0) is 4.74 Å². The van der Waals surface area contributed by atoms with E-state index in [2.05, 4.69) is 27.7 Å². The van der Waals surface area contributed by atoms with Crippen LogP contribution in [0, 0.1) is 24.2 Å². The van der Waals surface area contributed by atoms with Crippen LogP contribution in [0.2, 0.25) is 0 Å². The minimum atomic E-state index is -0.757. The summed E-state index contributed by atoms with van der Waals surface area (Å²) in [6.07, 6.45) is 7.05. The highest BCUT2D eigenvalue weighted by Crippen LogP contribution is 2.33. The van der Waals surface area contributed by atoms with Gasteiger partial charge >= 0.3 is 0 Å². The normalized spacial score (nSPS) is 21.2. The predicted octanol–water partition coefficient (Wildman–Crippen LogP) is 1.04. The molecule has 0 bridgehead atoms. The van der Waals surface area contributed by atoms with Gasteiger partial charge in [0.2, 0.25) is 0 Å². The fourth-order valence-electron chi connectivity index (χ4n) is 3.30. The van der Waals surface area contributed by atoms with Crippen molar-refractivity contribution in [1.82, 2.24) is 14.5 Å². The summed E-state index contributed by atoms with van der Waals surface area (Å²) in [7, 11) is 0. The molecular weight excluding hydrogens is 356 g/mol. The van der Waals surface area contributed by atoms with Crippen molar-refractivity contribution in [3.63, 3.8) is 0 Å². The van der Waals surface area contributed by atoms with Gasteiger partial charge in [0.15, 0.2) is 0 Å². The van der Waals surface area contributed by atoms with Crippen LogP contribution >= 0.6 is 0 Å². The lowest BCUT2D eigenvalue weighted by atomic mass is 10.1. The van der Waals surface area contributed by atoms with E-state index in [-0.39, 0.29) is 6.61 Å². The molecule has 1 aromatic carbocycles. The van der Waals surface area contributed by atoms with Crippen molar-refractivity contribution in [2.24, 2.45) is 0 Å². The van der Waals surface area contributed by atoms with E-state index in [1.54, 1.807) is 10.8 Å². The van der Waals surface area contributed by atoms with Crippen molar-refractivity contribution >= 4 is 16.9 Å². The first kappa shape index (κ1) is 18.0. The number of aliphatic hydroxyl groups is 2. The molecule has 0 aliphatic carbocycles. The Hall–Kier alpha value is -3.36. The van der Waals surface area contributed by atoms with E-state index in [1.165, 1.54) is 6.33 Å². The Labute approximate surface area is 161 Å². The second kappa shape index (κ2) is 7.34. The van der Waals surface area contributed by atoms with Crippen molar-refractivity contribution in [3.05, 3.63) is 53.5 Å². The summed E-state index contributed by atoms with van der Waals surface area (Å²) >= 11 is 0. The Kier molecular flexibility index (Phi) is 4.72. The SMILES string of the molecule is C#Cc1cccc(C#Cc2cn([C@H]3C[C@H](O)[C@@H](CO)O3)c3ncnc(N)c23)c1. The molecule has 3 atom stereocenters. The number of anilines is 1. The third-order valence-corrected chi connectivity index (χ3v) is 4.70. The highest BCUT2D eigenvalue weighted by Gasteiger charge is 2.35. The van der Waals surface area contributed by atoms with Gasteiger partial charge in [0.1, 0.15) is 30.1 Å². The minimum absolute atomic E-state index is 0.258. The van der Waals surface area contributed by atoms with Gasteiger partial charge in [-0.15, -0.1) is 6.42 Å². The van der Waals surface area contributed by atoms with Crippen LogP contribution in [0.15, 0.2) is 36.8 Å². The molecule has 1 saturated heterocycles. The Balaban J connectivity index is 1.78. The van der Waals surface area contributed by atoms with Gasteiger partial charge in [0, 0.05) is 23.7 Å². The zero-order chi connectivity index (χ0) is 19.7. The molecule has 1 aliphatic heterocycles. The summed E-state index contributed by atoms with van der Waals surface area (Å²) in [5.74, 6) is 9.09. The largest absolute Gasteiger partial charge is 0.394 e. The summed E-state index contributed by atoms with van der Waals surface area (Å²) in [4.78, 5) is 8.38. The lowest BCUT2D eigenvalue weighted by Crippen LogP contribution is -2.24. The number of benzene rings is 1. The molecule has 2 aromatic heterocycles.